The van der Waals surface area contributed by atoms with Crippen LogP contribution in [0.5, 0.6) is 0 Å². The second kappa shape index (κ2) is 16.9. The number of aliphatic hydroxyl groups excluding tert-OH is 1. The van der Waals surface area contributed by atoms with Crippen molar-refractivity contribution >= 4 is 5.97 Å². The topological polar surface area (TPSA) is 46.5 Å². The minimum Gasteiger partial charge on any atom is -0.513 e. The quantitative estimate of drug-likeness (QED) is 0.190. The van der Waals surface area contributed by atoms with E-state index in [0.717, 1.165) is 44.9 Å². The largest absolute Gasteiger partial charge is 0.513 e. The molecule has 0 aliphatic carbocycles. The maximum Gasteiger partial charge on any atom is 0.306 e. The van der Waals surface area contributed by atoms with Gasteiger partial charge in [0.05, 0.1) is 11.9 Å². The molecule has 0 aromatic heterocycles. The molecular weight excluding hydrogens is 300 g/mol. The van der Waals surface area contributed by atoms with Crippen LogP contribution in [0.1, 0.15) is 111 Å². The van der Waals surface area contributed by atoms with Gasteiger partial charge in [0, 0.05) is 12.8 Å². The molecule has 24 heavy (non-hydrogen) atoms. The van der Waals surface area contributed by atoms with Gasteiger partial charge in [-0.05, 0) is 45.6 Å². The average Bonchev–Trinajstić information content (AvgIpc) is 2.52. The Morgan fingerprint density at radius 2 is 1.42 bits per heavy atom. The Bertz CT molecular complexity index is 321. The van der Waals surface area contributed by atoms with Crippen molar-refractivity contribution in [2.45, 2.75) is 117 Å². The van der Waals surface area contributed by atoms with Gasteiger partial charge in [-0.15, -0.1) is 0 Å². The minimum atomic E-state index is -0.0763. The van der Waals surface area contributed by atoms with E-state index < -0.39 is 0 Å². The van der Waals surface area contributed by atoms with Crippen molar-refractivity contribution in [3.8, 4) is 0 Å². The Morgan fingerprint density at radius 3 is 2.04 bits per heavy atom. The minimum absolute atomic E-state index is 0.00620. The van der Waals surface area contributed by atoms with Crippen molar-refractivity contribution in [3.63, 3.8) is 0 Å². The van der Waals surface area contributed by atoms with Crippen molar-refractivity contribution in [1.82, 2.24) is 0 Å². The summed E-state index contributed by atoms with van der Waals surface area (Å²) >= 11 is 0. The monoisotopic (exact) mass is 340 g/mol. The van der Waals surface area contributed by atoms with Gasteiger partial charge in [-0.25, -0.2) is 0 Å². The van der Waals surface area contributed by atoms with Crippen LogP contribution in [0.3, 0.4) is 0 Å². The molecule has 0 radical (unpaired) electrons. The molecule has 0 heterocycles. The molecule has 1 N–H and O–H groups in total. The number of hydrogen-bond acceptors (Lipinski definition) is 3. The van der Waals surface area contributed by atoms with Crippen molar-refractivity contribution in [2.24, 2.45) is 0 Å². The zero-order valence-electron chi connectivity index (χ0n) is 16.3. The van der Waals surface area contributed by atoms with Gasteiger partial charge in [-0.1, -0.05) is 58.3 Å². The molecule has 0 aromatic rings. The van der Waals surface area contributed by atoms with Crippen LogP contribution in [0.15, 0.2) is 11.8 Å². The smallest absolute Gasteiger partial charge is 0.306 e. The van der Waals surface area contributed by atoms with Gasteiger partial charge < -0.3 is 9.84 Å². The first-order valence-corrected chi connectivity index (χ1v) is 10.1. The van der Waals surface area contributed by atoms with Crippen LogP contribution in [-0.4, -0.2) is 17.2 Å². The van der Waals surface area contributed by atoms with Gasteiger partial charge in [0.1, 0.15) is 0 Å². The molecule has 0 bridgehead atoms. The van der Waals surface area contributed by atoms with E-state index in [1.165, 1.54) is 38.5 Å². The molecule has 0 spiro atoms. The molecule has 0 saturated carbocycles. The number of ether oxygens (including phenoxy) is 1. The number of hydrogen-bond donors (Lipinski definition) is 1. The number of carbonyl (C=O) groups excluding carboxylic acids is 1. The number of esters is 1. The first-order valence-electron chi connectivity index (χ1n) is 10.1. The summed E-state index contributed by atoms with van der Waals surface area (Å²) in [5.41, 5.74) is 0. The van der Waals surface area contributed by atoms with Crippen molar-refractivity contribution < 1.29 is 14.6 Å². The average molecular weight is 341 g/mol. The molecule has 0 amide bonds. The van der Waals surface area contributed by atoms with E-state index in [9.17, 15) is 9.90 Å². The summed E-state index contributed by atoms with van der Waals surface area (Å²) < 4.78 is 5.11. The summed E-state index contributed by atoms with van der Waals surface area (Å²) in [4.78, 5) is 11.4. The molecule has 0 saturated heterocycles. The second-order valence-electron chi connectivity index (χ2n) is 7.06. The third-order valence-electron chi connectivity index (χ3n) is 4.12. The van der Waals surface area contributed by atoms with E-state index in [2.05, 4.69) is 6.92 Å². The highest BCUT2D eigenvalue weighted by Gasteiger charge is 2.04. The highest BCUT2D eigenvalue weighted by Crippen LogP contribution is 2.13. The number of aliphatic hydroxyl groups is 1. The number of allylic oxidation sites excluding steroid dienone is 2. The van der Waals surface area contributed by atoms with E-state index in [4.69, 9.17) is 4.74 Å². The molecule has 0 rings (SSSR count). The van der Waals surface area contributed by atoms with E-state index in [1.54, 1.807) is 0 Å². The Balaban J connectivity index is 3.36. The lowest BCUT2D eigenvalue weighted by molar-refractivity contribution is -0.147. The number of carbonyl (C=O) groups is 1. The summed E-state index contributed by atoms with van der Waals surface area (Å²) in [6.07, 6.45) is 17.4. The zero-order chi connectivity index (χ0) is 18.0. The normalized spacial score (nSPS) is 11.9. The maximum absolute atomic E-state index is 11.4. The fraction of sp³-hybridized carbons (Fsp3) is 0.857. The second-order valence-corrected chi connectivity index (χ2v) is 7.06. The van der Waals surface area contributed by atoms with Gasteiger partial charge in [0.25, 0.3) is 0 Å². The standard InChI is InChI=1S/C21H40O3/c1-4-5-6-7-10-13-16-20(22)17-14-11-8-9-12-15-18-21(23)24-19(2)3/h17,19,22H,4-16,18H2,1-3H3/b20-17+. The molecule has 0 unspecified atom stereocenters. The van der Waals surface area contributed by atoms with Crippen LogP contribution in [0.2, 0.25) is 0 Å². The zero-order valence-corrected chi connectivity index (χ0v) is 16.3. The molecule has 0 aliphatic rings. The number of rotatable bonds is 16. The Morgan fingerprint density at radius 1 is 0.875 bits per heavy atom. The van der Waals surface area contributed by atoms with Gasteiger partial charge in [-0.3, -0.25) is 4.79 Å². The summed E-state index contributed by atoms with van der Waals surface area (Å²) in [5.74, 6) is 0.495. The van der Waals surface area contributed by atoms with E-state index in [0.29, 0.717) is 12.2 Å². The van der Waals surface area contributed by atoms with Gasteiger partial charge in [0.15, 0.2) is 0 Å². The van der Waals surface area contributed by atoms with E-state index in [1.807, 2.05) is 19.9 Å². The maximum atomic E-state index is 11.4. The van der Waals surface area contributed by atoms with Gasteiger partial charge in [-0.2, -0.15) is 0 Å². The molecular formula is C21H40O3. The van der Waals surface area contributed by atoms with Crippen LogP contribution < -0.4 is 0 Å². The Hall–Kier alpha value is -0.990. The van der Waals surface area contributed by atoms with Gasteiger partial charge in [0.2, 0.25) is 0 Å². The fourth-order valence-corrected chi connectivity index (χ4v) is 2.72. The summed E-state index contributed by atoms with van der Waals surface area (Å²) in [6.45, 7) is 6.00. The molecule has 0 fully saturated rings. The van der Waals surface area contributed by atoms with E-state index in [-0.39, 0.29) is 12.1 Å². The van der Waals surface area contributed by atoms with Crippen molar-refractivity contribution in [1.29, 1.82) is 0 Å². The lowest BCUT2D eigenvalue weighted by atomic mass is 10.1. The van der Waals surface area contributed by atoms with Crippen molar-refractivity contribution in [3.05, 3.63) is 11.8 Å². The van der Waals surface area contributed by atoms with Crippen LogP contribution in [-0.2, 0) is 9.53 Å². The Kier molecular flexibility index (Phi) is 16.2. The predicted octanol–water partition coefficient (Wildman–Crippen LogP) is 6.86. The highest BCUT2D eigenvalue weighted by atomic mass is 16.5. The Labute approximate surface area is 149 Å². The summed E-state index contributed by atoms with van der Waals surface area (Å²) in [5, 5.41) is 9.84. The third kappa shape index (κ3) is 17.4. The molecule has 3 nitrogen and oxygen atoms in total. The molecule has 0 aliphatic heterocycles. The van der Waals surface area contributed by atoms with E-state index >= 15 is 0 Å². The van der Waals surface area contributed by atoms with Crippen molar-refractivity contribution in [2.75, 3.05) is 0 Å². The first kappa shape index (κ1) is 23.0. The summed E-state index contributed by atoms with van der Waals surface area (Å²) in [6, 6.07) is 0. The molecule has 142 valence electrons. The van der Waals surface area contributed by atoms with Crippen LogP contribution in [0, 0.1) is 0 Å². The lowest BCUT2D eigenvalue weighted by Gasteiger charge is -2.07. The molecule has 0 aromatic carbocycles. The first-order chi connectivity index (χ1) is 11.6. The molecule has 0 atom stereocenters. The SMILES string of the molecule is CCCCCCCC/C(O)=C\CCCCCCCC(=O)OC(C)C. The van der Waals surface area contributed by atoms with Crippen LogP contribution in [0.25, 0.3) is 0 Å². The third-order valence-corrected chi connectivity index (χ3v) is 4.12. The number of unbranched alkanes of at least 4 members (excludes halogenated alkanes) is 10. The predicted molar refractivity (Wildman–Crippen MR) is 102 cm³/mol. The fourth-order valence-electron chi connectivity index (χ4n) is 2.72. The van der Waals surface area contributed by atoms with Crippen LogP contribution >= 0.6 is 0 Å². The summed E-state index contributed by atoms with van der Waals surface area (Å²) in [7, 11) is 0. The highest BCUT2D eigenvalue weighted by molar-refractivity contribution is 5.69. The lowest BCUT2D eigenvalue weighted by Crippen LogP contribution is -2.10. The van der Waals surface area contributed by atoms with Crippen LogP contribution in [0.4, 0.5) is 0 Å². The van der Waals surface area contributed by atoms with Gasteiger partial charge >= 0.3 is 5.97 Å². The molecule has 3 heteroatoms.